The summed E-state index contributed by atoms with van der Waals surface area (Å²) in [5, 5.41) is 0.876. The van der Waals surface area contributed by atoms with Gasteiger partial charge in [0.2, 0.25) is 0 Å². The van der Waals surface area contributed by atoms with E-state index in [0.717, 1.165) is 5.06 Å². The maximum atomic E-state index is 12.1. The normalized spacial score (nSPS) is 36.7. The molecule has 1 aliphatic carbocycles. The number of hydroxylamine groups is 2. The summed E-state index contributed by atoms with van der Waals surface area (Å²) in [6.45, 7) is 0. The molecule has 18 heavy (non-hydrogen) atoms. The van der Waals surface area contributed by atoms with Crippen LogP contribution >= 0.6 is 0 Å². The summed E-state index contributed by atoms with van der Waals surface area (Å²) in [4.78, 5) is 28.7. The Balaban J connectivity index is 2.16. The van der Waals surface area contributed by atoms with Gasteiger partial charge in [0.05, 0.1) is 19.3 Å². The second-order valence-electron chi connectivity index (χ2n) is 4.80. The van der Waals surface area contributed by atoms with Crippen molar-refractivity contribution < 1.29 is 23.9 Å². The average molecular weight is 257 g/mol. The number of amides is 2. The molecule has 1 saturated heterocycles. The van der Waals surface area contributed by atoms with Gasteiger partial charge in [-0.1, -0.05) is 0 Å². The van der Waals surface area contributed by atoms with Crippen molar-refractivity contribution in [3.8, 4) is 0 Å². The molecule has 0 bridgehead atoms. The SMILES string of the molecule is COC1CC2CC(=O)N(OC)C(=O)C2CC1OC. The highest BCUT2D eigenvalue weighted by Gasteiger charge is 2.48. The lowest BCUT2D eigenvalue weighted by atomic mass is 9.72. The van der Waals surface area contributed by atoms with Crippen LogP contribution in [0.25, 0.3) is 0 Å². The van der Waals surface area contributed by atoms with E-state index in [0.29, 0.717) is 19.3 Å². The van der Waals surface area contributed by atoms with Crippen LogP contribution in [-0.2, 0) is 23.9 Å². The summed E-state index contributed by atoms with van der Waals surface area (Å²) in [6.07, 6.45) is 1.43. The minimum Gasteiger partial charge on any atom is -0.379 e. The summed E-state index contributed by atoms with van der Waals surface area (Å²) in [6, 6.07) is 0. The Morgan fingerprint density at radius 3 is 2.22 bits per heavy atom. The van der Waals surface area contributed by atoms with E-state index in [2.05, 4.69) is 0 Å². The number of nitrogens with zero attached hydrogens (tertiary/aromatic N) is 1. The Hall–Kier alpha value is -0.980. The molecule has 2 amide bonds. The molecular weight excluding hydrogens is 238 g/mol. The Kier molecular flexibility index (Phi) is 3.99. The molecule has 2 fully saturated rings. The van der Waals surface area contributed by atoms with Crippen LogP contribution in [0.5, 0.6) is 0 Å². The number of carbonyl (C=O) groups excluding carboxylic acids is 2. The zero-order valence-corrected chi connectivity index (χ0v) is 10.9. The molecule has 0 aromatic carbocycles. The summed E-state index contributed by atoms with van der Waals surface area (Å²) in [5.74, 6) is -0.698. The van der Waals surface area contributed by atoms with E-state index in [-0.39, 0.29) is 35.9 Å². The van der Waals surface area contributed by atoms with Gasteiger partial charge in [-0.05, 0) is 18.8 Å². The topological polar surface area (TPSA) is 65.1 Å². The van der Waals surface area contributed by atoms with Gasteiger partial charge in [0.25, 0.3) is 11.8 Å². The van der Waals surface area contributed by atoms with Gasteiger partial charge in [-0.15, -0.1) is 0 Å². The molecule has 0 radical (unpaired) electrons. The fourth-order valence-corrected chi connectivity index (χ4v) is 3.01. The second-order valence-corrected chi connectivity index (χ2v) is 4.80. The lowest BCUT2D eigenvalue weighted by Gasteiger charge is -2.43. The van der Waals surface area contributed by atoms with Crippen molar-refractivity contribution in [3.05, 3.63) is 0 Å². The van der Waals surface area contributed by atoms with Crippen molar-refractivity contribution >= 4 is 11.8 Å². The molecule has 0 N–H and O–H groups in total. The molecule has 4 unspecified atom stereocenters. The van der Waals surface area contributed by atoms with Crippen LogP contribution in [0.3, 0.4) is 0 Å². The minimum absolute atomic E-state index is 0.0350. The van der Waals surface area contributed by atoms with Crippen LogP contribution in [0.15, 0.2) is 0 Å². The van der Waals surface area contributed by atoms with Crippen molar-refractivity contribution in [2.45, 2.75) is 31.5 Å². The predicted molar refractivity (Wildman–Crippen MR) is 61.3 cm³/mol. The summed E-state index contributed by atoms with van der Waals surface area (Å²) in [7, 11) is 4.58. The van der Waals surface area contributed by atoms with E-state index >= 15 is 0 Å². The predicted octanol–water partition coefficient (Wildman–Crippen LogP) is 0.363. The fourth-order valence-electron chi connectivity index (χ4n) is 3.01. The van der Waals surface area contributed by atoms with Gasteiger partial charge in [0.15, 0.2) is 0 Å². The molecule has 0 aromatic heterocycles. The molecule has 102 valence electrons. The van der Waals surface area contributed by atoms with Crippen LogP contribution in [0.1, 0.15) is 19.3 Å². The third-order valence-corrected chi connectivity index (χ3v) is 3.97. The maximum absolute atomic E-state index is 12.1. The average Bonchev–Trinajstić information content (AvgIpc) is 2.37. The van der Waals surface area contributed by atoms with E-state index in [1.165, 1.54) is 7.11 Å². The highest BCUT2D eigenvalue weighted by molar-refractivity contribution is 5.98. The second kappa shape index (κ2) is 5.34. The van der Waals surface area contributed by atoms with Crippen LogP contribution in [0, 0.1) is 11.8 Å². The van der Waals surface area contributed by atoms with Crippen LogP contribution in [-0.4, -0.2) is 50.4 Å². The van der Waals surface area contributed by atoms with Crippen LogP contribution in [0.2, 0.25) is 0 Å². The highest BCUT2D eigenvalue weighted by atomic mass is 16.7. The fraction of sp³-hybridized carbons (Fsp3) is 0.833. The minimum atomic E-state index is -0.269. The summed E-state index contributed by atoms with van der Waals surface area (Å²) >= 11 is 0. The van der Waals surface area contributed by atoms with Crippen molar-refractivity contribution in [3.63, 3.8) is 0 Å². The first kappa shape index (κ1) is 13.5. The third kappa shape index (κ3) is 2.15. The Labute approximate surface area is 106 Å². The maximum Gasteiger partial charge on any atom is 0.256 e. The van der Waals surface area contributed by atoms with Crippen LogP contribution in [0.4, 0.5) is 0 Å². The van der Waals surface area contributed by atoms with E-state index < -0.39 is 0 Å². The van der Waals surface area contributed by atoms with Gasteiger partial charge < -0.3 is 9.47 Å². The quantitative estimate of drug-likeness (QED) is 0.683. The number of hydrogen-bond donors (Lipinski definition) is 0. The largest absolute Gasteiger partial charge is 0.379 e. The first-order valence-electron chi connectivity index (χ1n) is 6.08. The van der Waals surface area contributed by atoms with Gasteiger partial charge in [0, 0.05) is 26.6 Å². The van der Waals surface area contributed by atoms with Gasteiger partial charge in [0.1, 0.15) is 0 Å². The van der Waals surface area contributed by atoms with E-state index in [1.807, 2.05) is 0 Å². The first-order valence-corrected chi connectivity index (χ1v) is 6.08. The summed E-state index contributed by atoms with van der Waals surface area (Å²) < 4.78 is 10.7. The molecule has 6 heteroatoms. The zero-order valence-electron chi connectivity index (χ0n) is 10.9. The van der Waals surface area contributed by atoms with Crippen LogP contribution < -0.4 is 0 Å². The van der Waals surface area contributed by atoms with Gasteiger partial charge >= 0.3 is 0 Å². The molecule has 2 aliphatic rings. The number of rotatable bonds is 3. The molecule has 4 atom stereocenters. The number of piperidine rings is 1. The Morgan fingerprint density at radius 1 is 1.06 bits per heavy atom. The smallest absolute Gasteiger partial charge is 0.256 e. The Bertz CT molecular complexity index is 345. The number of methoxy groups -OCH3 is 2. The van der Waals surface area contributed by atoms with E-state index in [9.17, 15) is 9.59 Å². The molecule has 0 spiro atoms. The van der Waals surface area contributed by atoms with E-state index in [4.69, 9.17) is 14.3 Å². The third-order valence-electron chi connectivity index (χ3n) is 3.97. The van der Waals surface area contributed by atoms with E-state index in [1.54, 1.807) is 14.2 Å². The van der Waals surface area contributed by atoms with Crippen molar-refractivity contribution in [2.24, 2.45) is 11.8 Å². The van der Waals surface area contributed by atoms with Gasteiger partial charge in [-0.25, -0.2) is 0 Å². The molecule has 1 saturated carbocycles. The van der Waals surface area contributed by atoms with Gasteiger partial charge in [-0.2, -0.15) is 5.06 Å². The highest BCUT2D eigenvalue weighted by Crippen LogP contribution is 2.39. The molecule has 2 rings (SSSR count). The monoisotopic (exact) mass is 257 g/mol. The lowest BCUT2D eigenvalue weighted by molar-refractivity contribution is -0.204. The van der Waals surface area contributed by atoms with Crippen molar-refractivity contribution in [1.82, 2.24) is 5.06 Å². The van der Waals surface area contributed by atoms with Crippen molar-refractivity contribution in [1.29, 1.82) is 0 Å². The van der Waals surface area contributed by atoms with Gasteiger partial charge in [-0.3, -0.25) is 14.4 Å². The number of fused-ring (bicyclic) bond motifs is 1. The molecule has 0 aromatic rings. The summed E-state index contributed by atoms with van der Waals surface area (Å²) in [5.41, 5.74) is 0. The molecule has 6 nitrogen and oxygen atoms in total. The zero-order chi connectivity index (χ0) is 13.3. The molecular formula is C12H19NO5. The number of ether oxygens (including phenoxy) is 2. The Morgan fingerprint density at radius 2 is 1.67 bits per heavy atom. The number of hydrogen-bond acceptors (Lipinski definition) is 5. The number of imide groups is 1. The standard InChI is InChI=1S/C12H19NO5/c1-16-9-4-7-5-11(14)13(18-3)12(15)8(7)6-10(9)17-2/h7-10H,4-6H2,1-3H3. The lowest BCUT2D eigenvalue weighted by Crippen LogP contribution is -2.54. The number of carbonyl (C=O) groups is 2. The van der Waals surface area contributed by atoms with Crippen molar-refractivity contribution in [2.75, 3.05) is 21.3 Å². The molecule has 1 heterocycles. The molecule has 1 aliphatic heterocycles. The first-order chi connectivity index (χ1) is 8.62.